The van der Waals surface area contributed by atoms with Gasteiger partial charge in [-0.1, -0.05) is 0 Å². The van der Waals surface area contributed by atoms with Gasteiger partial charge in [-0.15, -0.1) is 34.4 Å². The number of thiophene rings is 1. The van der Waals surface area contributed by atoms with Crippen LogP contribution in [-0.2, 0) is 10.5 Å². The van der Waals surface area contributed by atoms with Gasteiger partial charge in [-0.3, -0.25) is 9.59 Å². The average Bonchev–Trinajstić information content (AvgIpc) is 3.31. The summed E-state index contributed by atoms with van der Waals surface area (Å²) in [4.78, 5) is 38.5. The second-order valence-corrected chi connectivity index (χ2v) is 10.4. The van der Waals surface area contributed by atoms with Gasteiger partial charge < -0.3 is 10.3 Å². The summed E-state index contributed by atoms with van der Waals surface area (Å²) in [6, 6.07) is 6.05. The Morgan fingerprint density at radius 1 is 1.26 bits per heavy atom. The quantitative estimate of drug-likeness (QED) is 0.405. The number of halogens is 1. The van der Waals surface area contributed by atoms with E-state index in [1.807, 2.05) is 19.2 Å². The number of thiazole rings is 1. The van der Waals surface area contributed by atoms with E-state index in [2.05, 4.69) is 20.3 Å². The second-order valence-electron chi connectivity index (χ2n) is 6.96. The molecule has 2 N–H and O–H groups in total. The van der Waals surface area contributed by atoms with E-state index in [1.54, 1.807) is 19.1 Å². The van der Waals surface area contributed by atoms with Crippen molar-refractivity contribution in [3.05, 3.63) is 62.1 Å². The minimum atomic E-state index is -0.369. The van der Waals surface area contributed by atoms with E-state index in [-0.39, 0.29) is 22.5 Å². The van der Waals surface area contributed by atoms with Gasteiger partial charge in [0.25, 0.3) is 5.56 Å². The predicted molar refractivity (Wildman–Crippen MR) is 127 cm³/mol. The molecule has 1 amide bonds. The molecule has 6 nitrogen and oxygen atoms in total. The maximum absolute atomic E-state index is 13.1. The second kappa shape index (κ2) is 8.89. The molecule has 0 radical (unpaired) electrons. The molecule has 31 heavy (non-hydrogen) atoms. The summed E-state index contributed by atoms with van der Waals surface area (Å²) in [6.45, 7) is 5.69. The molecule has 1 aromatic carbocycles. The number of aromatic nitrogens is 3. The lowest BCUT2D eigenvalue weighted by molar-refractivity contribution is -0.115. The largest absolute Gasteiger partial charge is 0.309 e. The topological polar surface area (TPSA) is 87.7 Å². The van der Waals surface area contributed by atoms with Crippen molar-refractivity contribution < 1.29 is 9.18 Å². The molecule has 0 aliphatic carbocycles. The highest BCUT2D eigenvalue weighted by molar-refractivity contribution is 7.99. The van der Waals surface area contributed by atoms with Crippen molar-refractivity contribution in [3.63, 3.8) is 0 Å². The number of nitrogens with one attached hydrogen (secondary N) is 2. The van der Waals surface area contributed by atoms with Crippen molar-refractivity contribution in [1.82, 2.24) is 15.0 Å². The molecule has 160 valence electrons. The van der Waals surface area contributed by atoms with Crippen molar-refractivity contribution in [2.45, 2.75) is 31.8 Å². The molecule has 3 heterocycles. The highest BCUT2D eigenvalue weighted by atomic mass is 32.2. The van der Waals surface area contributed by atoms with Crippen LogP contribution in [0.3, 0.4) is 0 Å². The zero-order valence-electron chi connectivity index (χ0n) is 17.0. The number of hydrogen-bond acceptors (Lipinski definition) is 7. The lowest BCUT2D eigenvalue weighted by Gasteiger charge is -2.10. The molecule has 0 saturated heterocycles. The number of fused-ring (bicyclic) bond motifs is 1. The number of carbonyl (C=O) groups excluding carboxylic acids is 1. The van der Waals surface area contributed by atoms with Crippen LogP contribution in [0.15, 0.2) is 34.4 Å². The van der Waals surface area contributed by atoms with E-state index in [0.29, 0.717) is 27.8 Å². The lowest BCUT2D eigenvalue weighted by Crippen LogP contribution is -2.23. The third-order valence-corrected chi connectivity index (χ3v) is 7.81. The van der Waals surface area contributed by atoms with E-state index in [4.69, 9.17) is 0 Å². The number of thioether (sulfide) groups is 1. The van der Waals surface area contributed by atoms with Crippen LogP contribution < -0.4 is 10.9 Å². The molecule has 10 heteroatoms. The summed E-state index contributed by atoms with van der Waals surface area (Å²) in [5.41, 5.74) is 2.28. The minimum absolute atomic E-state index is 0.143. The van der Waals surface area contributed by atoms with E-state index >= 15 is 0 Å². The molecule has 1 unspecified atom stereocenters. The lowest BCUT2D eigenvalue weighted by atomic mass is 10.2. The van der Waals surface area contributed by atoms with Crippen LogP contribution in [0.1, 0.15) is 23.2 Å². The number of nitrogens with zero attached hydrogens (tertiary/aromatic N) is 2. The number of amides is 1. The Bertz CT molecular complexity index is 1310. The molecule has 0 spiro atoms. The summed E-state index contributed by atoms with van der Waals surface area (Å²) < 4.78 is 13.1. The van der Waals surface area contributed by atoms with Crippen molar-refractivity contribution >= 4 is 55.7 Å². The first-order valence-corrected chi connectivity index (χ1v) is 12.2. The zero-order valence-corrected chi connectivity index (χ0v) is 19.4. The highest BCUT2D eigenvalue weighted by Crippen LogP contribution is 2.28. The van der Waals surface area contributed by atoms with Crippen molar-refractivity contribution in [2.75, 3.05) is 5.32 Å². The highest BCUT2D eigenvalue weighted by Gasteiger charge is 2.17. The van der Waals surface area contributed by atoms with Gasteiger partial charge in [0.1, 0.15) is 16.5 Å². The third-order valence-electron chi connectivity index (χ3n) is 4.80. The fraction of sp³-hybridized carbons (Fsp3) is 0.238. The fourth-order valence-electron chi connectivity index (χ4n) is 2.94. The molecule has 0 saturated carbocycles. The Morgan fingerprint density at radius 3 is 2.74 bits per heavy atom. The van der Waals surface area contributed by atoms with Gasteiger partial charge >= 0.3 is 0 Å². The van der Waals surface area contributed by atoms with Gasteiger partial charge in [-0.25, -0.2) is 14.4 Å². The van der Waals surface area contributed by atoms with E-state index in [0.717, 1.165) is 20.8 Å². The predicted octanol–water partition coefficient (Wildman–Crippen LogP) is 5.12. The van der Waals surface area contributed by atoms with Crippen LogP contribution in [-0.4, -0.2) is 26.1 Å². The normalized spacial score (nSPS) is 12.3. The Morgan fingerprint density at radius 2 is 2.00 bits per heavy atom. The first-order chi connectivity index (χ1) is 14.8. The summed E-state index contributed by atoms with van der Waals surface area (Å²) >= 11 is 4.20. The average molecular weight is 475 g/mol. The summed E-state index contributed by atoms with van der Waals surface area (Å²) in [5, 5.41) is 5.38. The van der Waals surface area contributed by atoms with Crippen LogP contribution in [0.25, 0.3) is 21.5 Å². The van der Waals surface area contributed by atoms with E-state index in [9.17, 15) is 14.0 Å². The van der Waals surface area contributed by atoms with Crippen molar-refractivity contribution in [2.24, 2.45) is 0 Å². The van der Waals surface area contributed by atoms with Crippen LogP contribution in [0.2, 0.25) is 0 Å². The number of hydrogen-bond donors (Lipinski definition) is 2. The standard InChI is InChI=1S/C21H19FN4O2S3/c1-10-11(2)31-20-17(10)19(28)24-16(25-20)9-29-12(3)18(27)26-21-23-15(8-30-21)13-4-6-14(22)7-5-13/h4-8,12H,9H2,1-3H3,(H,23,26,27)(H,24,25,28). The van der Waals surface area contributed by atoms with Crippen LogP contribution in [0.4, 0.5) is 9.52 Å². The van der Waals surface area contributed by atoms with Gasteiger partial charge in [0.05, 0.1) is 22.1 Å². The molecule has 0 fully saturated rings. The number of benzene rings is 1. The maximum Gasteiger partial charge on any atom is 0.259 e. The number of aromatic amines is 1. The smallest absolute Gasteiger partial charge is 0.259 e. The SMILES string of the molecule is Cc1sc2nc(CSC(C)C(=O)Nc3nc(-c4ccc(F)cc4)cs3)[nH]c(=O)c2c1C. The fourth-order valence-corrected chi connectivity index (χ4v) is 5.47. The van der Waals surface area contributed by atoms with E-state index in [1.165, 1.54) is 46.6 Å². The Labute approximate surface area is 190 Å². The summed E-state index contributed by atoms with van der Waals surface area (Å²) in [6.07, 6.45) is 0. The molecule has 0 aliphatic rings. The monoisotopic (exact) mass is 474 g/mol. The number of H-pyrrole nitrogens is 1. The first kappa shape index (κ1) is 21.7. The van der Waals surface area contributed by atoms with Gasteiger partial charge in [-0.05, 0) is 50.6 Å². The number of aryl methyl sites for hydroxylation is 2. The van der Waals surface area contributed by atoms with Gasteiger partial charge in [-0.2, -0.15) is 0 Å². The summed E-state index contributed by atoms with van der Waals surface area (Å²) in [5.74, 6) is 0.472. The minimum Gasteiger partial charge on any atom is -0.309 e. The number of carbonyl (C=O) groups is 1. The van der Waals surface area contributed by atoms with Crippen molar-refractivity contribution in [1.29, 1.82) is 0 Å². The molecular formula is C21H19FN4O2S3. The number of anilines is 1. The molecule has 0 aliphatic heterocycles. The summed E-state index contributed by atoms with van der Waals surface area (Å²) in [7, 11) is 0. The maximum atomic E-state index is 13.1. The van der Waals surface area contributed by atoms with Crippen molar-refractivity contribution in [3.8, 4) is 11.3 Å². The van der Waals surface area contributed by atoms with Gasteiger partial charge in [0, 0.05) is 15.8 Å². The molecule has 4 rings (SSSR count). The van der Waals surface area contributed by atoms with Gasteiger partial charge in [0.15, 0.2) is 5.13 Å². The molecule has 3 aromatic heterocycles. The van der Waals surface area contributed by atoms with E-state index < -0.39 is 0 Å². The van der Waals surface area contributed by atoms with Crippen LogP contribution in [0, 0.1) is 19.7 Å². The van der Waals surface area contributed by atoms with Gasteiger partial charge in [0.2, 0.25) is 5.91 Å². The Balaban J connectivity index is 1.39. The zero-order chi connectivity index (χ0) is 22.1. The molecule has 0 bridgehead atoms. The van der Waals surface area contributed by atoms with Crippen LogP contribution >= 0.6 is 34.4 Å². The Kier molecular flexibility index (Phi) is 6.22. The number of rotatable bonds is 6. The van der Waals surface area contributed by atoms with Crippen LogP contribution in [0.5, 0.6) is 0 Å². The third kappa shape index (κ3) is 4.70. The molecule has 1 atom stereocenters. The Hall–Kier alpha value is -2.56. The molecular weight excluding hydrogens is 455 g/mol. The first-order valence-electron chi connectivity index (χ1n) is 9.44. The molecule has 4 aromatic rings.